The normalized spacial score (nSPS) is 28.1. The minimum Gasteiger partial charge on any atom is -0.381 e. The lowest BCUT2D eigenvalue weighted by molar-refractivity contribution is -0.136. The molecule has 188 valence electrons. The molecule has 1 aromatic carbocycles. The van der Waals surface area contributed by atoms with E-state index in [-0.39, 0.29) is 47.8 Å². The average Bonchev–Trinajstić information content (AvgIpc) is 3.48. The van der Waals surface area contributed by atoms with Crippen LogP contribution in [-0.2, 0) is 20.9 Å². The number of aromatic nitrogens is 3. The molecule has 0 bridgehead atoms. The second-order valence-electron chi connectivity index (χ2n) is 10.4. The number of nitrogens with one attached hydrogen (secondary N) is 1. The van der Waals surface area contributed by atoms with Crippen molar-refractivity contribution < 1.29 is 23.9 Å². The van der Waals surface area contributed by atoms with E-state index >= 15 is 0 Å². The Morgan fingerprint density at radius 2 is 2.08 bits per heavy atom. The fourth-order valence-corrected chi connectivity index (χ4v) is 6.11. The topological polar surface area (TPSA) is 127 Å². The predicted octanol–water partition coefficient (Wildman–Crippen LogP) is 1.06. The van der Waals surface area contributed by atoms with Crippen LogP contribution >= 0.6 is 0 Å². The van der Waals surface area contributed by atoms with E-state index in [1.807, 2.05) is 11.0 Å². The minimum atomic E-state index is -0.665. The van der Waals surface area contributed by atoms with Gasteiger partial charge >= 0.3 is 0 Å². The highest BCUT2D eigenvalue weighted by Crippen LogP contribution is 2.40. The summed E-state index contributed by atoms with van der Waals surface area (Å²) < 4.78 is 7.25. The van der Waals surface area contributed by atoms with Crippen LogP contribution < -0.4 is 5.32 Å². The van der Waals surface area contributed by atoms with Crippen molar-refractivity contribution in [3.8, 4) is 5.69 Å². The van der Waals surface area contributed by atoms with Gasteiger partial charge in [-0.2, -0.15) is 0 Å². The zero-order chi connectivity index (χ0) is 25.0. The average molecular weight is 493 g/mol. The van der Waals surface area contributed by atoms with E-state index in [0.717, 1.165) is 24.8 Å². The van der Waals surface area contributed by atoms with E-state index < -0.39 is 11.9 Å². The third kappa shape index (κ3) is 3.69. The van der Waals surface area contributed by atoms with Gasteiger partial charge < -0.3 is 14.5 Å². The number of carbonyl (C=O) groups is 4. The van der Waals surface area contributed by atoms with Gasteiger partial charge in [-0.25, -0.2) is 4.68 Å². The van der Waals surface area contributed by atoms with Crippen molar-refractivity contribution in [3.63, 3.8) is 0 Å². The van der Waals surface area contributed by atoms with E-state index in [2.05, 4.69) is 22.6 Å². The Bertz CT molecular complexity index is 1270. The van der Waals surface area contributed by atoms with Crippen molar-refractivity contribution in [2.24, 2.45) is 5.41 Å². The number of nitrogens with zero attached hydrogens (tertiary/aromatic N) is 5. The molecule has 11 nitrogen and oxygen atoms in total. The predicted molar refractivity (Wildman–Crippen MR) is 125 cm³/mol. The minimum absolute atomic E-state index is 0.0386. The van der Waals surface area contributed by atoms with Crippen LogP contribution in [0.25, 0.3) is 5.69 Å². The maximum Gasteiger partial charge on any atom is 0.276 e. The Morgan fingerprint density at radius 3 is 2.92 bits per heavy atom. The molecule has 3 unspecified atom stereocenters. The molecule has 3 fully saturated rings. The summed E-state index contributed by atoms with van der Waals surface area (Å²) in [5.74, 6) is -1.11. The molecule has 5 heterocycles. The highest BCUT2D eigenvalue weighted by Gasteiger charge is 2.45. The largest absolute Gasteiger partial charge is 0.381 e. The third-order valence-electron chi connectivity index (χ3n) is 8.04. The standard InChI is InChI=1S/C25H28N6O5/c1-25-8-2-9-29(20(25)7-10-36-14-25)24(35)18-13-31(28-27-18)16-3-4-17-15(11-16)12-30(23(17)34)19-5-6-21(32)26-22(19)33/h3-4,11,13,19-20H,2,5-10,12,14H2,1H3,(H,26,32,33). The van der Waals surface area contributed by atoms with Crippen LogP contribution in [-0.4, -0.2) is 80.3 Å². The molecule has 3 saturated heterocycles. The number of benzene rings is 1. The SMILES string of the molecule is CC12CCCN(C(=O)c3cn(-c4ccc5c(c4)CN(C4CCC(=O)NC4=O)C5=O)nn3)C1CCOC2. The Hall–Kier alpha value is -3.60. The fraction of sp³-hybridized carbons (Fsp3) is 0.520. The molecular weight excluding hydrogens is 464 g/mol. The van der Waals surface area contributed by atoms with Crippen molar-refractivity contribution in [1.82, 2.24) is 30.1 Å². The molecule has 0 saturated carbocycles. The van der Waals surface area contributed by atoms with E-state index in [9.17, 15) is 19.2 Å². The molecular formula is C25H28N6O5. The van der Waals surface area contributed by atoms with E-state index in [0.29, 0.717) is 37.4 Å². The zero-order valence-electron chi connectivity index (χ0n) is 20.1. The quantitative estimate of drug-likeness (QED) is 0.635. The van der Waals surface area contributed by atoms with Crippen molar-refractivity contribution in [1.29, 1.82) is 0 Å². The van der Waals surface area contributed by atoms with Crippen LogP contribution in [0.3, 0.4) is 0 Å². The summed E-state index contributed by atoms with van der Waals surface area (Å²) in [6.07, 6.45) is 4.94. The van der Waals surface area contributed by atoms with Crippen LogP contribution in [0.4, 0.5) is 0 Å². The Balaban J connectivity index is 1.21. The molecule has 36 heavy (non-hydrogen) atoms. The van der Waals surface area contributed by atoms with Gasteiger partial charge in [-0.1, -0.05) is 12.1 Å². The number of carbonyl (C=O) groups excluding carboxylic acids is 4. The van der Waals surface area contributed by atoms with Gasteiger partial charge in [0.15, 0.2) is 5.69 Å². The highest BCUT2D eigenvalue weighted by atomic mass is 16.5. The van der Waals surface area contributed by atoms with Crippen molar-refractivity contribution in [2.45, 2.75) is 57.7 Å². The molecule has 6 rings (SSSR count). The summed E-state index contributed by atoms with van der Waals surface area (Å²) in [4.78, 5) is 53.6. The molecule has 0 spiro atoms. The maximum absolute atomic E-state index is 13.4. The Kier molecular flexibility index (Phi) is 5.40. The molecule has 4 amide bonds. The van der Waals surface area contributed by atoms with Gasteiger partial charge in [0, 0.05) is 43.1 Å². The van der Waals surface area contributed by atoms with E-state index in [1.54, 1.807) is 23.0 Å². The lowest BCUT2D eigenvalue weighted by atomic mass is 9.73. The number of amides is 4. The number of hydrogen-bond donors (Lipinski definition) is 1. The number of likely N-dealkylation sites (tertiary alicyclic amines) is 1. The van der Waals surface area contributed by atoms with Gasteiger partial charge in [-0.3, -0.25) is 24.5 Å². The monoisotopic (exact) mass is 492 g/mol. The van der Waals surface area contributed by atoms with Gasteiger partial charge in [0.25, 0.3) is 11.8 Å². The molecule has 3 atom stereocenters. The van der Waals surface area contributed by atoms with Crippen LogP contribution in [0, 0.1) is 5.41 Å². The third-order valence-corrected chi connectivity index (χ3v) is 8.04. The lowest BCUT2D eigenvalue weighted by Gasteiger charge is -2.50. The number of rotatable bonds is 3. The summed E-state index contributed by atoms with van der Waals surface area (Å²) in [6.45, 7) is 4.48. The van der Waals surface area contributed by atoms with Gasteiger partial charge in [-0.15, -0.1) is 5.10 Å². The van der Waals surface area contributed by atoms with Crippen LogP contribution in [0.1, 0.15) is 65.4 Å². The molecule has 11 heteroatoms. The summed E-state index contributed by atoms with van der Waals surface area (Å²) >= 11 is 0. The maximum atomic E-state index is 13.4. The first kappa shape index (κ1) is 22.8. The number of ether oxygens (including phenoxy) is 1. The van der Waals surface area contributed by atoms with Gasteiger partial charge in [0.2, 0.25) is 11.8 Å². The van der Waals surface area contributed by atoms with Crippen molar-refractivity contribution >= 4 is 23.6 Å². The molecule has 1 aromatic heterocycles. The van der Waals surface area contributed by atoms with E-state index in [1.165, 1.54) is 4.90 Å². The second-order valence-corrected chi connectivity index (χ2v) is 10.4. The van der Waals surface area contributed by atoms with Crippen LogP contribution in [0.2, 0.25) is 0 Å². The van der Waals surface area contributed by atoms with Crippen LogP contribution in [0.5, 0.6) is 0 Å². The number of imide groups is 1. The van der Waals surface area contributed by atoms with Crippen molar-refractivity contribution in [2.75, 3.05) is 19.8 Å². The second kappa shape index (κ2) is 8.51. The lowest BCUT2D eigenvalue weighted by Crippen LogP contribution is -2.57. The summed E-state index contributed by atoms with van der Waals surface area (Å²) in [5, 5.41) is 10.7. The first-order valence-corrected chi connectivity index (χ1v) is 12.4. The van der Waals surface area contributed by atoms with Gasteiger partial charge in [0.1, 0.15) is 6.04 Å². The molecule has 1 N–H and O–H groups in total. The van der Waals surface area contributed by atoms with Gasteiger partial charge in [-0.05, 0) is 49.4 Å². The molecule has 2 aromatic rings. The summed E-state index contributed by atoms with van der Waals surface area (Å²) in [7, 11) is 0. The number of fused-ring (bicyclic) bond motifs is 2. The smallest absolute Gasteiger partial charge is 0.276 e. The summed E-state index contributed by atoms with van der Waals surface area (Å²) in [6, 6.07) is 4.76. The van der Waals surface area contributed by atoms with Crippen molar-refractivity contribution in [3.05, 3.63) is 41.2 Å². The van der Waals surface area contributed by atoms with E-state index in [4.69, 9.17) is 4.74 Å². The fourth-order valence-electron chi connectivity index (χ4n) is 6.11. The molecule has 4 aliphatic heterocycles. The number of hydrogen-bond acceptors (Lipinski definition) is 7. The van der Waals surface area contributed by atoms with Gasteiger partial charge in [0.05, 0.1) is 18.5 Å². The first-order valence-electron chi connectivity index (χ1n) is 12.4. The number of piperidine rings is 2. The Morgan fingerprint density at radius 1 is 1.22 bits per heavy atom. The highest BCUT2D eigenvalue weighted by molar-refractivity contribution is 6.05. The van der Waals surface area contributed by atoms with Crippen LogP contribution in [0.15, 0.2) is 24.4 Å². The molecule has 0 aliphatic carbocycles. The molecule has 0 radical (unpaired) electrons. The Labute approximate surface area is 207 Å². The molecule has 4 aliphatic rings. The summed E-state index contributed by atoms with van der Waals surface area (Å²) in [5.41, 5.74) is 2.20. The first-order chi connectivity index (χ1) is 17.3. The zero-order valence-corrected chi connectivity index (χ0v) is 20.1.